The minimum atomic E-state index is -0.114. The van der Waals surface area contributed by atoms with Gasteiger partial charge < -0.3 is 15.2 Å². The highest BCUT2D eigenvalue weighted by molar-refractivity contribution is 6.37. The standard InChI is InChI=1S/C17H19Cl2NO2/c1-3-4-12-9-13(5-6-16(12)20-2)22-17-14(18)7-11(10-21)8-15(17)19/h5-9,20-21H,3-4,10H2,1-2H3. The van der Waals surface area contributed by atoms with Crippen molar-refractivity contribution in [2.45, 2.75) is 26.4 Å². The van der Waals surface area contributed by atoms with E-state index in [4.69, 9.17) is 33.0 Å². The lowest BCUT2D eigenvalue weighted by molar-refractivity contribution is 0.281. The molecule has 0 aliphatic heterocycles. The maximum absolute atomic E-state index is 9.16. The molecule has 2 rings (SSSR count). The molecule has 0 aliphatic carbocycles. The number of benzene rings is 2. The molecule has 0 heterocycles. The quantitative estimate of drug-likeness (QED) is 0.752. The van der Waals surface area contributed by atoms with E-state index in [1.165, 1.54) is 5.56 Å². The van der Waals surface area contributed by atoms with E-state index in [0.717, 1.165) is 18.5 Å². The van der Waals surface area contributed by atoms with Gasteiger partial charge in [-0.05, 0) is 47.9 Å². The predicted molar refractivity (Wildman–Crippen MR) is 92.4 cm³/mol. The lowest BCUT2D eigenvalue weighted by Crippen LogP contribution is -1.97. The van der Waals surface area contributed by atoms with Crippen molar-refractivity contribution in [1.82, 2.24) is 0 Å². The molecule has 0 radical (unpaired) electrons. The van der Waals surface area contributed by atoms with Crippen molar-refractivity contribution >= 4 is 28.9 Å². The SMILES string of the molecule is CCCc1cc(Oc2c(Cl)cc(CO)cc2Cl)ccc1NC. The van der Waals surface area contributed by atoms with E-state index >= 15 is 0 Å². The first-order valence-corrected chi connectivity index (χ1v) is 7.92. The minimum Gasteiger partial charge on any atom is -0.454 e. The van der Waals surface area contributed by atoms with Gasteiger partial charge in [0.15, 0.2) is 5.75 Å². The van der Waals surface area contributed by atoms with Crippen LogP contribution in [0.15, 0.2) is 30.3 Å². The van der Waals surface area contributed by atoms with E-state index in [2.05, 4.69) is 12.2 Å². The maximum atomic E-state index is 9.16. The fourth-order valence-corrected chi connectivity index (χ4v) is 2.88. The van der Waals surface area contributed by atoms with Crippen LogP contribution in [-0.4, -0.2) is 12.2 Å². The highest BCUT2D eigenvalue weighted by atomic mass is 35.5. The summed E-state index contributed by atoms with van der Waals surface area (Å²) in [5, 5.41) is 13.1. The highest BCUT2D eigenvalue weighted by Crippen LogP contribution is 2.38. The van der Waals surface area contributed by atoms with Gasteiger partial charge in [-0.2, -0.15) is 0 Å². The molecule has 22 heavy (non-hydrogen) atoms. The van der Waals surface area contributed by atoms with Crippen LogP contribution >= 0.6 is 23.2 Å². The Labute approximate surface area is 140 Å². The molecule has 0 atom stereocenters. The molecule has 5 heteroatoms. The van der Waals surface area contributed by atoms with Crippen molar-refractivity contribution < 1.29 is 9.84 Å². The Morgan fingerprint density at radius 2 is 1.82 bits per heavy atom. The zero-order chi connectivity index (χ0) is 16.1. The average molecular weight is 340 g/mol. The minimum absolute atomic E-state index is 0.114. The van der Waals surface area contributed by atoms with Gasteiger partial charge in [-0.1, -0.05) is 36.5 Å². The van der Waals surface area contributed by atoms with E-state index < -0.39 is 0 Å². The van der Waals surface area contributed by atoms with Crippen molar-refractivity contribution in [3.8, 4) is 11.5 Å². The fraction of sp³-hybridized carbons (Fsp3) is 0.294. The molecular formula is C17H19Cl2NO2. The van der Waals surface area contributed by atoms with Crippen LogP contribution in [-0.2, 0) is 13.0 Å². The van der Waals surface area contributed by atoms with Gasteiger partial charge in [-0.15, -0.1) is 0 Å². The molecule has 2 N–H and O–H groups in total. The number of hydrogen-bond acceptors (Lipinski definition) is 3. The average Bonchev–Trinajstić information content (AvgIpc) is 2.51. The fourth-order valence-electron chi connectivity index (χ4n) is 2.27. The molecule has 0 amide bonds. The van der Waals surface area contributed by atoms with Crippen LogP contribution in [0.1, 0.15) is 24.5 Å². The molecule has 0 aromatic heterocycles. The third kappa shape index (κ3) is 3.86. The Bertz CT molecular complexity index is 636. The predicted octanol–water partition coefficient (Wildman–Crippen LogP) is 5.27. The lowest BCUT2D eigenvalue weighted by atomic mass is 10.1. The highest BCUT2D eigenvalue weighted by Gasteiger charge is 2.12. The largest absolute Gasteiger partial charge is 0.454 e. The Balaban J connectivity index is 2.33. The van der Waals surface area contributed by atoms with E-state index in [9.17, 15) is 0 Å². The number of aryl methyl sites for hydroxylation is 1. The molecule has 0 saturated carbocycles. The molecule has 0 unspecified atom stereocenters. The molecule has 118 valence electrons. The number of aliphatic hydroxyl groups is 1. The van der Waals surface area contributed by atoms with Gasteiger partial charge in [0.25, 0.3) is 0 Å². The van der Waals surface area contributed by atoms with Crippen molar-refractivity contribution in [3.63, 3.8) is 0 Å². The topological polar surface area (TPSA) is 41.5 Å². The van der Waals surface area contributed by atoms with Crippen LogP contribution < -0.4 is 10.1 Å². The third-order valence-corrected chi connectivity index (χ3v) is 3.89. The first-order valence-electron chi connectivity index (χ1n) is 7.16. The van der Waals surface area contributed by atoms with Crippen molar-refractivity contribution in [2.75, 3.05) is 12.4 Å². The number of halogens is 2. The first kappa shape index (κ1) is 16.9. The monoisotopic (exact) mass is 339 g/mol. The van der Waals surface area contributed by atoms with Gasteiger partial charge in [0.05, 0.1) is 16.7 Å². The van der Waals surface area contributed by atoms with Crippen LogP contribution in [0.3, 0.4) is 0 Å². The van der Waals surface area contributed by atoms with Crippen LogP contribution in [0.5, 0.6) is 11.5 Å². The number of ether oxygens (including phenoxy) is 1. The van der Waals surface area contributed by atoms with Crippen LogP contribution in [0.2, 0.25) is 10.0 Å². The molecule has 2 aromatic rings. The number of nitrogens with one attached hydrogen (secondary N) is 1. The smallest absolute Gasteiger partial charge is 0.164 e. The molecule has 0 spiro atoms. The zero-order valence-corrected chi connectivity index (χ0v) is 14.1. The Morgan fingerprint density at radius 3 is 2.36 bits per heavy atom. The van der Waals surface area contributed by atoms with Crippen LogP contribution in [0.4, 0.5) is 5.69 Å². The Kier molecular flexibility index (Phi) is 5.95. The van der Waals surface area contributed by atoms with Crippen molar-refractivity contribution in [3.05, 3.63) is 51.5 Å². The summed E-state index contributed by atoms with van der Waals surface area (Å²) < 4.78 is 5.85. The number of aliphatic hydroxyl groups excluding tert-OH is 1. The van der Waals surface area contributed by atoms with E-state index in [1.807, 2.05) is 25.2 Å². The summed E-state index contributed by atoms with van der Waals surface area (Å²) in [5.74, 6) is 1.09. The second-order valence-corrected chi connectivity index (χ2v) is 5.78. The number of rotatable bonds is 6. The van der Waals surface area contributed by atoms with E-state index in [1.54, 1.807) is 12.1 Å². The van der Waals surface area contributed by atoms with Gasteiger partial charge >= 0.3 is 0 Å². The molecule has 0 bridgehead atoms. The molecule has 2 aromatic carbocycles. The molecule has 0 aliphatic rings. The summed E-state index contributed by atoms with van der Waals surface area (Å²) >= 11 is 12.4. The van der Waals surface area contributed by atoms with Gasteiger partial charge in [0.1, 0.15) is 5.75 Å². The van der Waals surface area contributed by atoms with Crippen LogP contribution in [0, 0.1) is 0 Å². The summed E-state index contributed by atoms with van der Waals surface area (Å²) in [5.41, 5.74) is 2.92. The third-order valence-electron chi connectivity index (χ3n) is 3.33. The Morgan fingerprint density at radius 1 is 1.14 bits per heavy atom. The first-order chi connectivity index (χ1) is 10.6. The summed E-state index contributed by atoms with van der Waals surface area (Å²) in [6.45, 7) is 2.02. The van der Waals surface area contributed by atoms with Gasteiger partial charge in [-0.25, -0.2) is 0 Å². The van der Waals surface area contributed by atoms with Gasteiger partial charge in [-0.3, -0.25) is 0 Å². The van der Waals surface area contributed by atoms with Crippen molar-refractivity contribution in [1.29, 1.82) is 0 Å². The molecular weight excluding hydrogens is 321 g/mol. The second kappa shape index (κ2) is 7.73. The van der Waals surface area contributed by atoms with Gasteiger partial charge in [0, 0.05) is 12.7 Å². The lowest BCUT2D eigenvalue weighted by Gasteiger charge is -2.14. The summed E-state index contributed by atoms with van der Waals surface area (Å²) in [7, 11) is 1.90. The maximum Gasteiger partial charge on any atom is 0.164 e. The molecule has 0 fully saturated rings. The van der Waals surface area contributed by atoms with Crippen molar-refractivity contribution in [2.24, 2.45) is 0 Å². The van der Waals surface area contributed by atoms with E-state index in [-0.39, 0.29) is 6.61 Å². The zero-order valence-electron chi connectivity index (χ0n) is 12.6. The number of anilines is 1. The normalized spacial score (nSPS) is 10.6. The van der Waals surface area contributed by atoms with Crippen LogP contribution in [0.25, 0.3) is 0 Å². The Hall–Kier alpha value is -1.42. The summed E-state index contributed by atoms with van der Waals surface area (Å²) in [4.78, 5) is 0. The molecule has 0 saturated heterocycles. The second-order valence-electron chi connectivity index (χ2n) is 4.97. The summed E-state index contributed by atoms with van der Waals surface area (Å²) in [6, 6.07) is 9.14. The summed E-state index contributed by atoms with van der Waals surface area (Å²) in [6.07, 6.45) is 2.00. The van der Waals surface area contributed by atoms with Gasteiger partial charge in [0.2, 0.25) is 0 Å². The molecule has 3 nitrogen and oxygen atoms in total. The van der Waals surface area contributed by atoms with E-state index in [0.29, 0.717) is 27.1 Å². The number of hydrogen-bond donors (Lipinski definition) is 2.